The molecule has 0 saturated carbocycles. The highest BCUT2D eigenvalue weighted by molar-refractivity contribution is 6.42. The van der Waals surface area contributed by atoms with Gasteiger partial charge in [0, 0.05) is 6.61 Å². The van der Waals surface area contributed by atoms with Crippen molar-refractivity contribution >= 4 is 23.2 Å². The Morgan fingerprint density at radius 2 is 1.93 bits per heavy atom. The summed E-state index contributed by atoms with van der Waals surface area (Å²) in [6.45, 7) is 4.33. The molecule has 3 heteroatoms. The SMILES string of the molecule is CCC(C)(CO)Cc1ccc(Cl)c(Cl)c1. The molecule has 0 radical (unpaired) electrons. The summed E-state index contributed by atoms with van der Waals surface area (Å²) in [5.41, 5.74) is 1.04. The van der Waals surface area contributed by atoms with Gasteiger partial charge in [0.15, 0.2) is 0 Å². The third-order valence-corrected chi connectivity index (χ3v) is 3.59. The maximum absolute atomic E-state index is 9.31. The molecule has 0 heterocycles. The molecule has 0 aromatic heterocycles. The van der Waals surface area contributed by atoms with E-state index >= 15 is 0 Å². The van der Waals surface area contributed by atoms with Crippen molar-refractivity contribution in [1.29, 1.82) is 0 Å². The van der Waals surface area contributed by atoms with Gasteiger partial charge in [-0.15, -0.1) is 0 Å². The minimum absolute atomic E-state index is 0.0723. The second kappa shape index (κ2) is 5.20. The van der Waals surface area contributed by atoms with Crippen LogP contribution in [0, 0.1) is 5.41 Å². The molecule has 0 amide bonds. The summed E-state index contributed by atoms with van der Waals surface area (Å²) in [7, 11) is 0. The Balaban J connectivity index is 2.85. The number of aliphatic hydroxyl groups is 1. The maximum Gasteiger partial charge on any atom is 0.0595 e. The van der Waals surface area contributed by atoms with Gasteiger partial charge in [-0.3, -0.25) is 0 Å². The van der Waals surface area contributed by atoms with Crippen LogP contribution in [-0.2, 0) is 6.42 Å². The van der Waals surface area contributed by atoms with Crippen LogP contribution < -0.4 is 0 Å². The monoisotopic (exact) mass is 246 g/mol. The maximum atomic E-state index is 9.31. The van der Waals surface area contributed by atoms with E-state index in [4.69, 9.17) is 23.2 Å². The van der Waals surface area contributed by atoms with Crippen LogP contribution in [0.1, 0.15) is 25.8 Å². The fourth-order valence-corrected chi connectivity index (χ4v) is 1.76. The number of halogens is 2. The molecule has 1 rings (SSSR count). The molecule has 15 heavy (non-hydrogen) atoms. The highest BCUT2D eigenvalue weighted by Gasteiger charge is 2.21. The summed E-state index contributed by atoms with van der Waals surface area (Å²) in [5, 5.41) is 10.5. The third kappa shape index (κ3) is 3.37. The average Bonchev–Trinajstić information content (AvgIpc) is 2.23. The predicted molar refractivity (Wildman–Crippen MR) is 65.6 cm³/mol. The highest BCUT2D eigenvalue weighted by atomic mass is 35.5. The molecule has 0 aliphatic carbocycles. The van der Waals surface area contributed by atoms with E-state index < -0.39 is 0 Å². The Kier molecular flexibility index (Phi) is 4.45. The van der Waals surface area contributed by atoms with Gasteiger partial charge in [-0.25, -0.2) is 0 Å². The zero-order valence-corrected chi connectivity index (χ0v) is 10.6. The van der Waals surface area contributed by atoms with Crippen LogP contribution in [0.2, 0.25) is 10.0 Å². The Bertz CT molecular complexity index is 332. The number of aliphatic hydroxyl groups excluding tert-OH is 1. The van der Waals surface area contributed by atoms with Crippen molar-refractivity contribution < 1.29 is 5.11 Å². The van der Waals surface area contributed by atoms with E-state index in [0.717, 1.165) is 18.4 Å². The second-order valence-corrected chi connectivity index (χ2v) is 5.06. The summed E-state index contributed by atoms with van der Waals surface area (Å²) in [4.78, 5) is 0. The van der Waals surface area contributed by atoms with E-state index in [2.05, 4.69) is 13.8 Å². The normalized spacial score (nSPS) is 15.0. The fraction of sp³-hybridized carbons (Fsp3) is 0.500. The van der Waals surface area contributed by atoms with Crippen molar-refractivity contribution in [3.05, 3.63) is 33.8 Å². The first kappa shape index (κ1) is 12.8. The van der Waals surface area contributed by atoms with Crippen molar-refractivity contribution in [1.82, 2.24) is 0 Å². The highest BCUT2D eigenvalue weighted by Crippen LogP contribution is 2.29. The number of rotatable bonds is 4. The molecule has 0 aliphatic heterocycles. The molecule has 1 N–H and O–H groups in total. The Morgan fingerprint density at radius 3 is 2.40 bits per heavy atom. The molecule has 1 aromatic rings. The molecule has 1 nitrogen and oxygen atoms in total. The predicted octanol–water partition coefficient (Wildman–Crippen LogP) is 3.94. The first-order chi connectivity index (χ1) is 7.00. The minimum Gasteiger partial charge on any atom is -0.396 e. The van der Waals surface area contributed by atoms with E-state index in [9.17, 15) is 5.11 Å². The third-order valence-electron chi connectivity index (χ3n) is 2.85. The van der Waals surface area contributed by atoms with Crippen LogP contribution >= 0.6 is 23.2 Å². The molecule has 0 bridgehead atoms. The molecule has 0 fully saturated rings. The zero-order valence-electron chi connectivity index (χ0n) is 9.06. The zero-order chi connectivity index (χ0) is 11.5. The molecule has 84 valence electrons. The Hall–Kier alpha value is -0.240. The van der Waals surface area contributed by atoms with Crippen molar-refractivity contribution in [3.63, 3.8) is 0 Å². The largest absolute Gasteiger partial charge is 0.396 e. The average molecular weight is 247 g/mol. The van der Waals surface area contributed by atoms with Gasteiger partial charge in [-0.1, -0.05) is 43.1 Å². The summed E-state index contributed by atoms with van der Waals surface area (Å²) in [6.07, 6.45) is 1.75. The van der Waals surface area contributed by atoms with Crippen molar-refractivity contribution in [2.75, 3.05) is 6.61 Å². The standard InChI is InChI=1S/C12H16Cl2O/c1-3-12(2,8-15)7-9-4-5-10(13)11(14)6-9/h4-6,15H,3,7-8H2,1-2H3. The molecule has 0 spiro atoms. The number of benzene rings is 1. The molecule has 1 aromatic carbocycles. The van der Waals surface area contributed by atoms with Crippen LogP contribution in [0.25, 0.3) is 0 Å². The van der Waals surface area contributed by atoms with Crippen molar-refractivity contribution in [2.24, 2.45) is 5.41 Å². The molecular weight excluding hydrogens is 231 g/mol. The van der Waals surface area contributed by atoms with Crippen LogP contribution in [0.5, 0.6) is 0 Å². The molecular formula is C12H16Cl2O. The lowest BCUT2D eigenvalue weighted by Gasteiger charge is -2.25. The van der Waals surface area contributed by atoms with Gasteiger partial charge in [0.25, 0.3) is 0 Å². The number of hydrogen-bond donors (Lipinski definition) is 1. The van der Waals surface area contributed by atoms with Crippen molar-refractivity contribution in [3.8, 4) is 0 Å². The van der Waals surface area contributed by atoms with Gasteiger partial charge >= 0.3 is 0 Å². The summed E-state index contributed by atoms with van der Waals surface area (Å²) < 4.78 is 0. The second-order valence-electron chi connectivity index (χ2n) is 4.25. The van der Waals surface area contributed by atoms with Gasteiger partial charge in [0.2, 0.25) is 0 Å². The fourth-order valence-electron chi connectivity index (χ4n) is 1.44. The smallest absolute Gasteiger partial charge is 0.0595 e. The lowest BCUT2D eigenvalue weighted by molar-refractivity contribution is 0.138. The quantitative estimate of drug-likeness (QED) is 0.854. The first-order valence-electron chi connectivity index (χ1n) is 5.05. The number of hydrogen-bond acceptors (Lipinski definition) is 1. The van der Waals surface area contributed by atoms with E-state index in [1.807, 2.05) is 12.1 Å². The lowest BCUT2D eigenvalue weighted by Crippen LogP contribution is -2.23. The molecule has 1 unspecified atom stereocenters. The summed E-state index contributed by atoms with van der Waals surface area (Å²) >= 11 is 11.8. The Morgan fingerprint density at radius 1 is 1.27 bits per heavy atom. The van der Waals surface area contributed by atoms with E-state index in [1.165, 1.54) is 0 Å². The molecule has 0 aliphatic rings. The Labute approximate surface area is 101 Å². The summed E-state index contributed by atoms with van der Waals surface area (Å²) in [6, 6.07) is 5.62. The van der Waals surface area contributed by atoms with Gasteiger partial charge in [-0.05, 0) is 36.0 Å². The van der Waals surface area contributed by atoms with E-state index in [-0.39, 0.29) is 12.0 Å². The molecule has 1 atom stereocenters. The van der Waals surface area contributed by atoms with Gasteiger partial charge in [0.1, 0.15) is 0 Å². The van der Waals surface area contributed by atoms with Gasteiger partial charge in [-0.2, -0.15) is 0 Å². The van der Waals surface area contributed by atoms with E-state index in [1.54, 1.807) is 6.07 Å². The van der Waals surface area contributed by atoms with Crippen LogP contribution in [0.15, 0.2) is 18.2 Å². The van der Waals surface area contributed by atoms with Crippen LogP contribution in [0.4, 0.5) is 0 Å². The van der Waals surface area contributed by atoms with Crippen molar-refractivity contribution in [2.45, 2.75) is 26.7 Å². The van der Waals surface area contributed by atoms with Gasteiger partial charge < -0.3 is 5.11 Å². The first-order valence-corrected chi connectivity index (χ1v) is 5.81. The van der Waals surface area contributed by atoms with Crippen LogP contribution in [-0.4, -0.2) is 11.7 Å². The molecule has 0 saturated heterocycles. The van der Waals surface area contributed by atoms with Crippen LogP contribution in [0.3, 0.4) is 0 Å². The lowest BCUT2D eigenvalue weighted by atomic mass is 9.82. The minimum atomic E-state index is -0.0723. The topological polar surface area (TPSA) is 20.2 Å². The van der Waals surface area contributed by atoms with Gasteiger partial charge in [0.05, 0.1) is 10.0 Å². The van der Waals surface area contributed by atoms with E-state index in [0.29, 0.717) is 10.0 Å². The summed E-state index contributed by atoms with van der Waals surface area (Å²) in [5.74, 6) is 0.